The standard InChI is InChI=1S/C24H27NO5/c1-2-3-4-5-6-7-14-29-22-13-12-20(23(26)27)15-21(22)24(28)30-17-19-10-8-18(16-25)9-11-19/h8-13,15H,2-7,14,17H2,1H3,(H,26,27). The molecule has 0 saturated heterocycles. The van der Waals surface area contributed by atoms with E-state index in [0.717, 1.165) is 24.8 Å². The van der Waals surface area contributed by atoms with Crippen LogP contribution in [-0.2, 0) is 11.3 Å². The Hall–Kier alpha value is -3.33. The van der Waals surface area contributed by atoms with Gasteiger partial charge in [-0.3, -0.25) is 0 Å². The zero-order valence-corrected chi connectivity index (χ0v) is 17.2. The molecule has 2 rings (SSSR count). The van der Waals surface area contributed by atoms with Gasteiger partial charge in [0.15, 0.2) is 0 Å². The largest absolute Gasteiger partial charge is 0.493 e. The summed E-state index contributed by atoms with van der Waals surface area (Å²) in [5, 5.41) is 18.1. The van der Waals surface area contributed by atoms with Crippen molar-refractivity contribution >= 4 is 11.9 Å². The van der Waals surface area contributed by atoms with Crippen molar-refractivity contribution < 1.29 is 24.2 Å². The third-order valence-corrected chi connectivity index (χ3v) is 4.65. The maximum Gasteiger partial charge on any atom is 0.342 e. The summed E-state index contributed by atoms with van der Waals surface area (Å²) in [5.41, 5.74) is 1.33. The second-order valence-corrected chi connectivity index (χ2v) is 7.02. The molecule has 0 heterocycles. The van der Waals surface area contributed by atoms with E-state index in [0.29, 0.717) is 17.9 Å². The van der Waals surface area contributed by atoms with Gasteiger partial charge in [0.1, 0.15) is 17.9 Å². The monoisotopic (exact) mass is 409 g/mol. The quantitative estimate of drug-likeness (QED) is 0.375. The molecule has 2 aromatic rings. The molecule has 0 spiro atoms. The van der Waals surface area contributed by atoms with Crippen molar-refractivity contribution in [3.05, 3.63) is 64.7 Å². The van der Waals surface area contributed by atoms with Crippen LogP contribution in [0.3, 0.4) is 0 Å². The van der Waals surface area contributed by atoms with E-state index in [1.807, 2.05) is 6.07 Å². The number of nitriles is 1. The Balaban J connectivity index is 1.99. The lowest BCUT2D eigenvalue weighted by atomic mass is 10.1. The topological polar surface area (TPSA) is 96.6 Å². The fraction of sp³-hybridized carbons (Fsp3) is 0.375. The zero-order chi connectivity index (χ0) is 21.8. The highest BCUT2D eigenvalue weighted by atomic mass is 16.5. The van der Waals surface area contributed by atoms with Gasteiger partial charge in [-0.25, -0.2) is 9.59 Å². The number of hydrogen-bond acceptors (Lipinski definition) is 5. The minimum atomic E-state index is -1.13. The molecule has 1 N–H and O–H groups in total. The summed E-state index contributed by atoms with van der Waals surface area (Å²) in [6, 6.07) is 12.9. The molecule has 0 saturated carbocycles. The Morgan fingerprint density at radius 3 is 2.37 bits per heavy atom. The van der Waals surface area contributed by atoms with Crippen molar-refractivity contribution in [2.75, 3.05) is 6.61 Å². The minimum Gasteiger partial charge on any atom is -0.493 e. The maximum absolute atomic E-state index is 12.6. The van der Waals surface area contributed by atoms with E-state index in [1.165, 1.54) is 37.5 Å². The van der Waals surface area contributed by atoms with Gasteiger partial charge in [-0.05, 0) is 42.3 Å². The average Bonchev–Trinajstić information content (AvgIpc) is 2.77. The molecule has 0 aliphatic rings. The van der Waals surface area contributed by atoms with E-state index in [-0.39, 0.29) is 17.7 Å². The van der Waals surface area contributed by atoms with Crippen molar-refractivity contribution in [2.45, 2.75) is 52.1 Å². The number of rotatable bonds is 12. The van der Waals surface area contributed by atoms with E-state index in [4.69, 9.17) is 14.7 Å². The summed E-state index contributed by atoms with van der Waals surface area (Å²) >= 11 is 0. The summed E-state index contributed by atoms with van der Waals surface area (Å²) < 4.78 is 11.1. The molecule has 0 unspecified atom stereocenters. The molecular weight excluding hydrogens is 382 g/mol. The highest BCUT2D eigenvalue weighted by molar-refractivity contribution is 5.96. The fourth-order valence-corrected chi connectivity index (χ4v) is 2.92. The predicted molar refractivity (Wildman–Crippen MR) is 113 cm³/mol. The second-order valence-electron chi connectivity index (χ2n) is 7.02. The number of benzene rings is 2. The summed E-state index contributed by atoms with van der Waals surface area (Å²) in [6.45, 7) is 2.64. The second kappa shape index (κ2) is 12.3. The minimum absolute atomic E-state index is 0.00719. The molecule has 0 aromatic heterocycles. The summed E-state index contributed by atoms with van der Waals surface area (Å²) in [6.07, 6.45) is 6.69. The lowest BCUT2D eigenvalue weighted by Gasteiger charge is -2.12. The molecule has 0 aliphatic heterocycles. The van der Waals surface area contributed by atoms with Crippen LogP contribution < -0.4 is 4.74 Å². The molecule has 6 heteroatoms. The Morgan fingerprint density at radius 2 is 1.70 bits per heavy atom. The van der Waals surface area contributed by atoms with Crippen LogP contribution in [0.15, 0.2) is 42.5 Å². The van der Waals surface area contributed by atoms with Crippen LogP contribution in [0.1, 0.15) is 77.3 Å². The number of nitrogens with zero attached hydrogens (tertiary/aromatic N) is 1. The van der Waals surface area contributed by atoms with Gasteiger partial charge in [0.05, 0.1) is 23.8 Å². The van der Waals surface area contributed by atoms with Crippen LogP contribution in [0, 0.1) is 11.3 Å². The van der Waals surface area contributed by atoms with Gasteiger partial charge in [0, 0.05) is 0 Å². The SMILES string of the molecule is CCCCCCCCOc1ccc(C(=O)O)cc1C(=O)OCc1ccc(C#N)cc1. The number of carboxylic acids is 1. The molecule has 0 radical (unpaired) electrons. The molecule has 2 aromatic carbocycles. The highest BCUT2D eigenvalue weighted by Crippen LogP contribution is 2.23. The van der Waals surface area contributed by atoms with Gasteiger partial charge in [-0.1, -0.05) is 51.2 Å². The first-order valence-corrected chi connectivity index (χ1v) is 10.2. The smallest absolute Gasteiger partial charge is 0.342 e. The van der Waals surface area contributed by atoms with E-state index in [1.54, 1.807) is 24.3 Å². The van der Waals surface area contributed by atoms with Crippen LogP contribution in [-0.4, -0.2) is 23.7 Å². The number of hydrogen-bond donors (Lipinski definition) is 1. The fourth-order valence-electron chi connectivity index (χ4n) is 2.92. The normalized spacial score (nSPS) is 10.3. The lowest BCUT2D eigenvalue weighted by molar-refractivity contribution is 0.0468. The number of ether oxygens (including phenoxy) is 2. The number of carbonyl (C=O) groups excluding carboxylic acids is 1. The molecule has 0 amide bonds. The average molecular weight is 409 g/mol. The number of unbranched alkanes of at least 4 members (excludes halogenated alkanes) is 5. The van der Waals surface area contributed by atoms with Crippen LogP contribution in [0.4, 0.5) is 0 Å². The number of aromatic carboxylic acids is 1. The van der Waals surface area contributed by atoms with E-state index >= 15 is 0 Å². The van der Waals surface area contributed by atoms with Crippen LogP contribution >= 0.6 is 0 Å². The maximum atomic E-state index is 12.6. The summed E-state index contributed by atoms with van der Waals surface area (Å²) in [4.78, 5) is 23.9. The number of carboxylic acid groups (broad SMARTS) is 1. The van der Waals surface area contributed by atoms with E-state index in [9.17, 15) is 14.7 Å². The first-order valence-electron chi connectivity index (χ1n) is 10.2. The van der Waals surface area contributed by atoms with Crippen molar-refractivity contribution in [1.29, 1.82) is 5.26 Å². The van der Waals surface area contributed by atoms with E-state index < -0.39 is 11.9 Å². The van der Waals surface area contributed by atoms with Crippen molar-refractivity contribution in [3.63, 3.8) is 0 Å². The van der Waals surface area contributed by atoms with E-state index in [2.05, 4.69) is 6.92 Å². The zero-order valence-electron chi connectivity index (χ0n) is 17.2. The predicted octanol–water partition coefficient (Wildman–Crippen LogP) is 5.35. The third-order valence-electron chi connectivity index (χ3n) is 4.65. The Bertz CT molecular complexity index is 883. The van der Waals surface area contributed by atoms with Gasteiger partial charge in [0.2, 0.25) is 0 Å². The highest BCUT2D eigenvalue weighted by Gasteiger charge is 2.17. The summed E-state index contributed by atoms with van der Waals surface area (Å²) in [5.74, 6) is -1.46. The number of carbonyl (C=O) groups is 2. The first-order chi connectivity index (χ1) is 14.5. The van der Waals surface area contributed by atoms with Crippen LogP contribution in [0.2, 0.25) is 0 Å². The molecule has 6 nitrogen and oxygen atoms in total. The third kappa shape index (κ3) is 7.25. The number of esters is 1. The lowest BCUT2D eigenvalue weighted by Crippen LogP contribution is -2.11. The Labute approximate surface area is 177 Å². The Morgan fingerprint density at radius 1 is 1.00 bits per heavy atom. The molecular formula is C24H27NO5. The first kappa shape index (κ1) is 23.0. The van der Waals surface area contributed by atoms with Crippen molar-refractivity contribution in [3.8, 4) is 11.8 Å². The molecule has 0 fully saturated rings. The molecule has 0 atom stereocenters. The van der Waals surface area contributed by atoms with Gasteiger partial charge < -0.3 is 14.6 Å². The molecule has 0 aliphatic carbocycles. The van der Waals surface area contributed by atoms with Crippen LogP contribution in [0.5, 0.6) is 5.75 Å². The van der Waals surface area contributed by atoms with Gasteiger partial charge >= 0.3 is 11.9 Å². The van der Waals surface area contributed by atoms with Crippen LogP contribution in [0.25, 0.3) is 0 Å². The van der Waals surface area contributed by atoms with Gasteiger partial charge in [-0.2, -0.15) is 5.26 Å². The van der Waals surface area contributed by atoms with Crippen molar-refractivity contribution in [2.24, 2.45) is 0 Å². The van der Waals surface area contributed by atoms with Gasteiger partial charge in [-0.15, -0.1) is 0 Å². The van der Waals surface area contributed by atoms with Gasteiger partial charge in [0.25, 0.3) is 0 Å². The Kier molecular flexibility index (Phi) is 9.39. The molecule has 0 bridgehead atoms. The molecule has 158 valence electrons. The molecule has 30 heavy (non-hydrogen) atoms. The summed E-state index contributed by atoms with van der Waals surface area (Å²) in [7, 11) is 0. The van der Waals surface area contributed by atoms with Crippen molar-refractivity contribution in [1.82, 2.24) is 0 Å².